The summed E-state index contributed by atoms with van der Waals surface area (Å²) in [4.78, 5) is 18.9. The van der Waals surface area contributed by atoms with E-state index in [-0.39, 0.29) is 0 Å². The molecule has 5 aromatic heterocycles. The molecule has 43 heavy (non-hydrogen) atoms. The molecule has 0 saturated heterocycles. The van der Waals surface area contributed by atoms with Gasteiger partial charge in [-0.3, -0.25) is 0 Å². The molecule has 0 radical (unpaired) electrons. The Hall–Kier alpha value is -3.74. The molecule has 0 saturated carbocycles. The SMILES string of the molecule is CN(C)c1ccc(-c2cc3sc(-c4ccc(-c5nc6sc(-c7ccc(N(C)C)cc7)cc6s5)c5nsnc45)nc3s2)cc1. The Labute approximate surface area is 268 Å². The van der Waals surface area contributed by atoms with E-state index in [1.54, 1.807) is 45.3 Å². The molecule has 0 unspecified atom stereocenters. The number of hydrogen-bond donors (Lipinski definition) is 0. The zero-order valence-corrected chi connectivity index (χ0v) is 27.7. The summed E-state index contributed by atoms with van der Waals surface area (Å²) in [5.41, 5.74) is 8.66. The molecule has 8 rings (SSSR count). The van der Waals surface area contributed by atoms with Crippen molar-refractivity contribution in [1.29, 1.82) is 0 Å². The van der Waals surface area contributed by atoms with Crippen molar-refractivity contribution in [3.8, 4) is 42.0 Å². The Morgan fingerprint density at radius 3 is 1.30 bits per heavy atom. The van der Waals surface area contributed by atoms with Crippen molar-refractivity contribution in [2.24, 2.45) is 0 Å². The van der Waals surface area contributed by atoms with Crippen LogP contribution in [0.5, 0.6) is 0 Å². The van der Waals surface area contributed by atoms with Gasteiger partial charge in [-0.05, 0) is 59.7 Å². The van der Waals surface area contributed by atoms with Crippen LogP contribution in [0.2, 0.25) is 0 Å². The fraction of sp³-hybridized carbons (Fsp3) is 0.125. The second-order valence-electron chi connectivity index (χ2n) is 10.6. The quantitative estimate of drug-likeness (QED) is 0.178. The lowest BCUT2D eigenvalue weighted by molar-refractivity contribution is 1.13. The topological polar surface area (TPSA) is 58.0 Å². The summed E-state index contributed by atoms with van der Waals surface area (Å²) in [7, 11) is 8.24. The lowest BCUT2D eigenvalue weighted by Gasteiger charge is -2.12. The van der Waals surface area contributed by atoms with E-state index in [4.69, 9.17) is 18.7 Å². The number of rotatable bonds is 6. The molecule has 11 heteroatoms. The zero-order valence-electron chi connectivity index (χ0n) is 23.7. The molecule has 8 aromatic rings. The predicted octanol–water partition coefficient (Wildman–Crippen LogP) is 9.83. The van der Waals surface area contributed by atoms with Crippen LogP contribution in [-0.2, 0) is 0 Å². The van der Waals surface area contributed by atoms with Gasteiger partial charge in [0.25, 0.3) is 0 Å². The minimum atomic E-state index is 0.892. The third-order valence-electron chi connectivity index (χ3n) is 7.39. The molecule has 3 aromatic carbocycles. The van der Waals surface area contributed by atoms with Gasteiger partial charge < -0.3 is 9.80 Å². The number of anilines is 2. The molecule has 0 bridgehead atoms. The minimum Gasteiger partial charge on any atom is -0.378 e. The lowest BCUT2D eigenvalue weighted by atomic mass is 10.1. The monoisotopic (exact) mass is 652 g/mol. The van der Waals surface area contributed by atoms with Gasteiger partial charge in [0.05, 0.1) is 21.1 Å². The van der Waals surface area contributed by atoms with E-state index in [9.17, 15) is 0 Å². The standard InChI is InChI=1S/C32H24N6S5/c1-37(2)19-9-5-17(6-10-19)23-15-25-31(39-23)33-29(41-25)21-13-14-22(28-27(21)35-43-36-28)30-34-32-26(42-30)16-24(40-32)18-7-11-20(12-8-18)38(3)4/h5-16H,1-4H3. The molecule has 0 aliphatic heterocycles. The normalized spacial score (nSPS) is 11.7. The number of hydrogen-bond acceptors (Lipinski definition) is 11. The zero-order chi connectivity index (χ0) is 29.2. The smallest absolute Gasteiger partial charge is 0.135 e. The van der Waals surface area contributed by atoms with Gasteiger partial charge in [0.2, 0.25) is 0 Å². The Bertz CT molecular complexity index is 2030. The van der Waals surface area contributed by atoms with E-state index in [2.05, 4.69) is 111 Å². The van der Waals surface area contributed by atoms with E-state index in [1.165, 1.54) is 53.4 Å². The molecule has 0 fully saturated rings. The van der Waals surface area contributed by atoms with Crippen LogP contribution in [0, 0.1) is 0 Å². The van der Waals surface area contributed by atoms with Crippen LogP contribution in [0.3, 0.4) is 0 Å². The Morgan fingerprint density at radius 1 is 0.512 bits per heavy atom. The largest absolute Gasteiger partial charge is 0.378 e. The average Bonchev–Trinajstić information content (AvgIpc) is 3.82. The summed E-state index contributed by atoms with van der Waals surface area (Å²) in [5.74, 6) is 0. The molecule has 0 atom stereocenters. The lowest BCUT2D eigenvalue weighted by Crippen LogP contribution is -2.07. The van der Waals surface area contributed by atoms with Crippen molar-refractivity contribution in [3.05, 3.63) is 72.8 Å². The highest BCUT2D eigenvalue weighted by atomic mass is 32.1. The van der Waals surface area contributed by atoms with Crippen molar-refractivity contribution in [2.45, 2.75) is 0 Å². The molecular formula is C32H24N6S5. The van der Waals surface area contributed by atoms with Crippen LogP contribution in [-0.4, -0.2) is 46.9 Å². The van der Waals surface area contributed by atoms with Crippen LogP contribution in [0.15, 0.2) is 72.8 Å². The van der Waals surface area contributed by atoms with Crippen LogP contribution in [0.1, 0.15) is 0 Å². The van der Waals surface area contributed by atoms with Crippen LogP contribution < -0.4 is 9.80 Å². The molecule has 5 heterocycles. The number of nitrogens with zero attached hydrogens (tertiary/aromatic N) is 6. The fourth-order valence-corrected chi connectivity index (χ4v) is 10.1. The molecule has 0 aliphatic rings. The highest BCUT2D eigenvalue weighted by Gasteiger charge is 2.20. The van der Waals surface area contributed by atoms with Gasteiger partial charge in [-0.25, -0.2) is 9.97 Å². The Kier molecular flexibility index (Phi) is 6.53. The summed E-state index contributed by atoms with van der Waals surface area (Å²) in [6.45, 7) is 0. The Morgan fingerprint density at radius 2 is 0.930 bits per heavy atom. The van der Waals surface area contributed by atoms with Crippen molar-refractivity contribution in [2.75, 3.05) is 38.0 Å². The summed E-state index contributed by atoms with van der Waals surface area (Å²) in [5, 5.41) is 1.95. The number of aromatic nitrogens is 4. The number of fused-ring (bicyclic) bond motifs is 3. The molecule has 212 valence electrons. The van der Waals surface area contributed by atoms with Gasteiger partial charge in [-0.2, -0.15) is 8.75 Å². The Balaban J connectivity index is 1.10. The maximum atomic E-state index is 5.04. The van der Waals surface area contributed by atoms with Crippen LogP contribution in [0.25, 0.3) is 72.1 Å². The highest BCUT2D eigenvalue weighted by molar-refractivity contribution is 7.31. The number of thiazole rings is 2. The van der Waals surface area contributed by atoms with Gasteiger partial charge in [0.1, 0.15) is 30.7 Å². The van der Waals surface area contributed by atoms with Crippen molar-refractivity contribution in [3.63, 3.8) is 0 Å². The van der Waals surface area contributed by atoms with Crippen molar-refractivity contribution in [1.82, 2.24) is 18.7 Å². The predicted molar refractivity (Wildman–Crippen MR) is 190 cm³/mol. The molecule has 0 amide bonds. The number of benzene rings is 3. The maximum Gasteiger partial charge on any atom is 0.135 e. The first-order valence-electron chi connectivity index (χ1n) is 13.5. The molecule has 0 N–H and O–H groups in total. The van der Waals surface area contributed by atoms with E-state index in [1.807, 2.05) is 0 Å². The highest BCUT2D eigenvalue weighted by Crippen LogP contribution is 2.44. The molecule has 6 nitrogen and oxygen atoms in total. The third kappa shape index (κ3) is 4.72. The van der Waals surface area contributed by atoms with Crippen molar-refractivity contribution < 1.29 is 0 Å². The summed E-state index contributed by atoms with van der Waals surface area (Å²) in [6, 6.07) is 26.1. The summed E-state index contributed by atoms with van der Waals surface area (Å²) in [6.07, 6.45) is 0. The molecule has 0 aliphatic carbocycles. The maximum absolute atomic E-state index is 5.04. The average molecular weight is 653 g/mol. The first-order chi connectivity index (χ1) is 20.9. The van der Waals surface area contributed by atoms with E-state index in [0.29, 0.717) is 0 Å². The van der Waals surface area contributed by atoms with Crippen LogP contribution in [0.4, 0.5) is 11.4 Å². The van der Waals surface area contributed by atoms with Gasteiger partial charge >= 0.3 is 0 Å². The van der Waals surface area contributed by atoms with E-state index >= 15 is 0 Å². The second kappa shape index (κ2) is 10.5. The van der Waals surface area contributed by atoms with Crippen LogP contribution >= 0.6 is 57.1 Å². The second-order valence-corrected chi connectivity index (χ2v) is 15.3. The third-order valence-corrected chi connectivity index (χ3v) is 12.4. The fourth-order valence-electron chi connectivity index (χ4n) is 5.04. The van der Waals surface area contributed by atoms with Gasteiger partial charge in [0.15, 0.2) is 0 Å². The summed E-state index contributed by atoms with van der Waals surface area (Å²) >= 11 is 8.15. The minimum absolute atomic E-state index is 0.892. The first kappa shape index (κ1) is 26.9. The number of thiophene rings is 2. The van der Waals surface area contributed by atoms with E-state index in [0.717, 1.165) is 41.8 Å². The van der Waals surface area contributed by atoms with Crippen molar-refractivity contribution >= 4 is 98.5 Å². The summed E-state index contributed by atoms with van der Waals surface area (Å²) < 4.78 is 11.8. The van der Waals surface area contributed by atoms with Gasteiger partial charge in [-0.15, -0.1) is 45.3 Å². The van der Waals surface area contributed by atoms with Gasteiger partial charge in [-0.1, -0.05) is 24.3 Å². The van der Waals surface area contributed by atoms with Gasteiger partial charge in [0, 0.05) is 60.4 Å². The molecule has 0 spiro atoms. The van der Waals surface area contributed by atoms with E-state index < -0.39 is 0 Å². The molecular weight excluding hydrogens is 629 g/mol. The first-order valence-corrected chi connectivity index (χ1v) is 17.5.